The Hall–Kier alpha value is -3.45. The van der Waals surface area contributed by atoms with Gasteiger partial charge in [0, 0.05) is 39.1 Å². The van der Waals surface area contributed by atoms with Crippen LogP contribution < -0.4 is 14.4 Å². The quantitative estimate of drug-likeness (QED) is 0.536. The highest BCUT2D eigenvalue weighted by molar-refractivity contribution is 5.99. The molecule has 7 heteroatoms. The normalized spacial score (nSPS) is 18.3. The third-order valence-corrected chi connectivity index (χ3v) is 7.09. The summed E-state index contributed by atoms with van der Waals surface area (Å²) in [4.78, 5) is 27.5. The van der Waals surface area contributed by atoms with E-state index in [1.165, 1.54) is 5.56 Å². The molecular formula is C28H32N4O3. The van der Waals surface area contributed by atoms with Crippen LogP contribution in [0.15, 0.2) is 48.5 Å². The highest BCUT2D eigenvalue weighted by atomic mass is 16.5. The van der Waals surface area contributed by atoms with Crippen molar-refractivity contribution in [2.45, 2.75) is 32.2 Å². The minimum absolute atomic E-state index is 0.0553. The van der Waals surface area contributed by atoms with E-state index in [-0.39, 0.29) is 11.7 Å². The summed E-state index contributed by atoms with van der Waals surface area (Å²) in [7, 11) is 3.26. The van der Waals surface area contributed by atoms with Crippen LogP contribution in [0.5, 0.6) is 11.5 Å². The minimum atomic E-state index is 0.0553. The third-order valence-electron chi connectivity index (χ3n) is 7.09. The van der Waals surface area contributed by atoms with Gasteiger partial charge in [0.25, 0.3) is 0 Å². The molecule has 2 aliphatic rings. The van der Waals surface area contributed by atoms with Crippen LogP contribution >= 0.6 is 0 Å². The molecule has 1 saturated heterocycles. The van der Waals surface area contributed by atoms with Crippen molar-refractivity contribution in [3.63, 3.8) is 0 Å². The van der Waals surface area contributed by atoms with E-state index in [1.54, 1.807) is 14.2 Å². The summed E-state index contributed by atoms with van der Waals surface area (Å²) in [6.45, 7) is 6.56. The number of fused-ring (bicyclic) bond motifs is 1. The van der Waals surface area contributed by atoms with Crippen molar-refractivity contribution in [1.82, 2.24) is 14.9 Å². The van der Waals surface area contributed by atoms with Crippen LogP contribution in [-0.2, 0) is 13.0 Å². The first-order chi connectivity index (χ1) is 17.1. The number of benzene rings is 2. The number of hydrogen-bond acceptors (Lipinski definition) is 7. The number of aryl methyl sites for hydroxylation is 1. The summed E-state index contributed by atoms with van der Waals surface area (Å²) in [5.41, 5.74) is 4.74. The monoisotopic (exact) mass is 472 g/mol. The third kappa shape index (κ3) is 4.86. The van der Waals surface area contributed by atoms with Crippen molar-refractivity contribution in [3.8, 4) is 11.5 Å². The Bertz CT molecular complexity index is 1210. The van der Waals surface area contributed by atoms with Crippen molar-refractivity contribution < 1.29 is 14.3 Å². The molecule has 0 spiro atoms. The number of aromatic nitrogens is 2. The largest absolute Gasteiger partial charge is 0.493 e. The van der Waals surface area contributed by atoms with Crippen LogP contribution in [0.25, 0.3) is 0 Å². The van der Waals surface area contributed by atoms with Gasteiger partial charge >= 0.3 is 0 Å². The molecule has 1 aromatic heterocycles. The first-order valence-corrected chi connectivity index (χ1v) is 12.2. The summed E-state index contributed by atoms with van der Waals surface area (Å²) < 4.78 is 10.9. The number of piperazine rings is 1. The van der Waals surface area contributed by atoms with Gasteiger partial charge in [-0.25, -0.2) is 9.97 Å². The standard InChI is InChI=1S/C28H32N4O3/c1-19-27-23(15-22(16-24(27)33)21-9-10-25(34-2)26(17-21)35-3)30-28(29-19)32-13-11-31(12-14-32)18-20-7-5-4-6-8-20/h4-10,17,22H,11-16,18H2,1-3H3/t22-/m0/s1. The fourth-order valence-electron chi connectivity index (χ4n) is 5.19. The molecule has 0 saturated carbocycles. The number of methoxy groups -OCH3 is 2. The SMILES string of the molecule is COc1ccc([C@@H]2CC(=O)c3c(C)nc(N4CCN(Cc5ccccc5)CC4)nc3C2)cc1OC. The minimum Gasteiger partial charge on any atom is -0.493 e. The lowest BCUT2D eigenvalue weighted by Crippen LogP contribution is -2.46. The number of nitrogens with zero attached hydrogens (tertiary/aromatic N) is 4. The van der Waals surface area contributed by atoms with Crippen molar-refractivity contribution in [1.29, 1.82) is 0 Å². The van der Waals surface area contributed by atoms with Crippen LogP contribution in [0.3, 0.4) is 0 Å². The molecule has 1 fully saturated rings. The molecule has 182 valence electrons. The second-order valence-electron chi connectivity index (χ2n) is 9.32. The number of ether oxygens (including phenoxy) is 2. The van der Waals surface area contributed by atoms with Gasteiger partial charge in [-0.2, -0.15) is 0 Å². The Morgan fingerprint density at radius 1 is 0.914 bits per heavy atom. The van der Waals surface area contributed by atoms with Gasteiger partial charge < -0.3 is 14.4 Å². The van der Waals surface area contributed by atoms with Crippen LogP contribution in [-0.4, -0.2) is 61.0 Å². The summed E-state index contributed by atoms with van der Waals surface area (Å²) >= 11 is 0. The molecule has 2 aromatic carbocycles. The Morgan fingerprint density at radius 2 is 1.66 bits per heavy atom. The Balaban J connectivity index is 1.33. The Kier molecular flexibility index (Phi) is 6.68. The summed E-state index contributed by atoms with van der Waals surface area (Å²) in [6.07, 6.45) is 1.16. The number of Topliss-reactive ketones (excluding diaryl/α,β-unsaturated/α-hetero) is 1. The maximum Gasteiger partial charge on any atom is 0.225 e. The average Bonchev–Trinajstić information content (AvgIpc) is 2.88. The number of hydrogen-bond donors (Lipinski definition) is 0. The summed E-state index contributed by atoms with van der Waals surface area (Å²) in [6, 6.07) is 16.5. The topological polar surface area (TPSA) is 67.8 Å². The lowest BCUT2D eigenvalue weighted by molar-refractivity contribution is 0.0962. The highest BCUT2D eigenvalue weighted by Gasteiger charge is 2.31. The van der Waals surface area contributed by atoms with E-state index in [0.29, 0.717) is 29.9 Å². The van der Waals surface area contributed by atoms with Crippen LogP contribution in [0, 0.1) is 6.92 Å². The van der Waals surface area contributed by atoms with Crippen LogP contribution in [0.1, 0.15) is 45.2 Å². The zero-order valence-corrected chi connectivity index (χ0v) is 20.7. The van der Waals surface area contributed by atoms with Gasteiger partial charge in [0.2, 0.25) is 5.95 Å². The molecular weight excluding hydrogens is 440 g/mol. The number of carbonyl (C=O) groups excluding carboxylic acids is 1. The smallest absolute Gasteiger partial charge is 0.225 e. The maximum atomic E-state index is 13.1. The van der Waals surface area contributed by atoms with Crippen molar-refractivity contribution in [2.75, 3.05) is 45.3 Å². The summed E-state index contributed by atoms with van der Waals surface area (Å²) in [5, 5.41) is 0. The van der Waals surface area contributed by atoms with Crippen LogP contribution in [0.4, 0.5) is 5.95 Å². The van der Waals surface area contributed by atoms with E-state index in [2.05, 4.69) is 40.1 Å². The predicted molar refractivity (Wildman–Crippen MR) is 136 cm³/mol. The molecule has 1 atom stereocenters. The molecule has 35 heavy (non-hydrogen) atoms. The van der Waals surface area contributed by atoms with Crippen molar-refractivity contribution in [2.24, 2.45) is 0 Å². The highest BCUT2D eigenvalue weighted by Crippen LogP contribution is 2.37. The Morgan fingerprint density at radius 3 is 2.37 bits per heavy atom. The Labute approximate surface area is 206 Å². The van der Waals surface area contributed by atoms with Gasteiger partial charge in [-0.15, -0.1) is 0 Å². The van der Waals surface area contributed by atoms with Crippen LogP contribution in [0.2, 0.25) is 0 Å². The van der Waals surface area contributed by atoms with Gasteiger partial charge in [-0.05, 0) is 42.5 Å². The van der Waals surface area contributed by atoms with Gasteiger partial charge in [0.15, 0.2) is 17.3 Å². The lowest BCUT2D eigenvalue weighted by Gasteiger charge is -2.35. The number of rotatable bonds is 6. The fourth-order valence-corrected chi connectivity index (χ4v) is 5.19. The molecule has 1 aliphatic carbocycles. The fraction of sp³-hybridized carbons (Fsp3) is 0.393. The average molecular weight is 473 g/mol. The predicted octanol–water partition coefficient (Wildman–Crippen LogP) is 4.04. The van der Waals surface area contributed by atoms with E-state index in [9.17, 15) is 4.79 Å². The maximum absolute atomic E-state index is 13.1. The molecule has 0 amide bonds. The van der Waals surface area contributed by atoms with Gasteiger partial charge in [-0.3, -0.25) is 9.69 Å². The van der Waals surface area contributed by atoms with E-state index < -0.39 is 0 Å². The molecule has 0 radical (unpaired) electrons. The van der Waals surface area contributed by atoms with Gasteiger partial charge in [0.05, 0.1) is 31.2 Å². The molecule has 0 bridgehead atoms. The second-order valence-corrected chi connectivity index (χ2v) is 9.32. The van der Waals surface area contributed by atoms with E-state index >= 15 is 0 Å². The molecule has 3 aromatic rings. The molecule has 0 unspecified atom stereocenters. The van der Waals surface area contributed by atoms with E-state index in [0.717, 1.165) is 55.6 Å². The number of ketones is 1. The van der Waals surface area contributed by atoms with E-state index in [1.807, 2.05) is 25.1 Å². The first kappa shape index (κ1) is 23.3. The van der Waals surface area contributed by atoms with Gasteiger partial charge in [0.1, 0.15) is 0 Å². The molecule has 2 heterocycles. The molecule has 0 N–H and O–H groups in total. The number of anilines is 1. The lowest BCUT2D eigenvalue weighted by atomic mass is 9.81. The van der Waals surface area contributed by atoms with Gasteiger partial charge in [-0.1, -0.05) is 36.4 Å². The number of carbonyl (C=O) groups is 1. The zero-order valence-electron chi connectivity index (χ0n) is 20.7. The molecule has 7 nitrogen and oxygen atoms in total. The zero-order chi connectivity index (χ0) is 24.4. The van der Waals surface area contributed by atoms with E-state index in [4.69, 9.17) is 19.4 Å². The summed E-state index contributed by atoms with van der Waals surface area (Å²) in [5.74, 6) is 2.27. The molecule has 5 rings (SSSR count). The second kappa shape index (κ2) is 10.0. The first-order valence-electron chi connectivity index (χ1n) is 12.2. The molecule has 1 aliphatic heterocycles. The van der Waals surface area contributed by atoms with Crippen molar-refractivity contribution in [3.05, 3.63) is 76.6 Å². The van der Waals surface area contributed by atoms with Crippen molar-refractivity contribution >= 4 is 11.7 Å².